The fourth-order valence-corrected chi connectivity index (χ4v) is 3.24. The molecule has 7 heteroatoms. The van der Waals surface area contributed by atoms with Crippen molar-refractivity contribution in [1.29, 1.82) is 0 Å². The van der Waals surface area contributed by atoms with E-state index in [2.05, 4.69) is 4.90 Å². The van der Waals surface area contributed by atoms with Crippen molar-refractivity contribution in [3.8, 4) is 0 Å². The minimum atomic E-state index is -0.394. The summed E-state index contributed by atoms with van der Waals surface area (Å²) >= 11 is 0. The molecule has 0 atom stereocenters. The maximum atomic E-state index is 13.9. The highest BCUT2D eigenvalue weighted by molar-refractivity contribution is 5.84. The lowest BCUT2D eigenvalue weighted by molar-refractivity contribution is -0.140. The van der Waals surface area contributed by atoms with Crippen LogP contribution in [0, 0.1) is 11.6 Å². The smallest absolute Gasteiger partial charge is 0.242 e. The number of benzene rings is 2. The second-order valence-electron chi connectivity index (χ2n) is 6.81. The second-order valence-corrected chi connectivity index (χ2v) is 6.81. The molecule has 1 fully saturated rings. The Hall–Kier alpha value is -2.96. The van der Waals surface area contributed by atoms with Gasteiger partial charge in [0.1, 0.15) is 18.2 Å². The summed E-state index contributed by atoms with van der Waals surface area (Å²) in [4.78, 5) is 29.7. The third-order valence-corrected chi connectivity index (χ3v) is 4.91. The number of piperazine rings is 1. The van der Waals surface area contributed by atoms with Crippen LogP contribution in [-0.2, 0) is 16.1 Å². The van der Waals surface area contributed by atoms with Crippen LogP contribution in [0.1, 0.15) is 12.5 Å². The fourth-order valence-electron chi connectivity index (χ4n) is 3.24. The highest BCUT2D eigenvalue weighted by Crippen LogP contribution is 2.17. The van der Waals surface area contributed by atoms with Crippen LogP contribution in [0.4, 0.5) is 14.5 Å². The van der Waals surface area contributed by atoms with E-state index in [-0.39, 0.29) is 30.7 Å². The van der Waals surface area contributed by atoms with Crippen molar-refractivity contribution in [3.05, 3.63) is 65.7 Å². The van der Waals surface area contributed by atoms with E-state index in [4.69, 9.17) is 0 Å². The van der Waals surface area contributed by atoms with Gasteiger partial charge in [0, 0.05) is 50.9 Å². The molecule has 1 aliphatic rings. The molecule has 2 aromatic carbocycles. The molecule has 148 valence electrons. The van der Waals surface area contributed by atoms with Crippen molar-refractivity contribution in [1.82, 2.24) is 9.80 Å². The molecule has 1 aliphatic heterocycles. The maximum Gasteiger partial charge on any atom is 0.242 e. The van der Waals surface area contributed by atoms with Crippen molar-refractivity contribution in [2.24, 2.45) is 0 Å². The topological polar surface area (TPSA) is 43.9 Å². The molecule has 1 heterocycles. The van der Waals surface area contributed by atoms with Gasteiger partial charge in [0.15, 0.2) is 0 Å². The monoisotopic (exact) mass is 387 g/mol. The number of anilines is 1. The van der Waals surface area contributed by atoms with Crippen LogP contribution >= 0.6 is 0 Å². The summed E-state index contributed by atoms with van der Waals surface area (Å²) < 4.78 is 26.9. The second kappa shape index (κ2) is 8.82. The van der Waals surface area contributed by atoms with Gasteiger partial charge in [0.05, 0.1) is 0 Å². The first-order chi connectivity index (χ1) is 13.4. The van der Waals surface area contributed by atoms with Gasteiger partial charge < -0.3 is 14.7 Å². The van der Waals surface area contributed by atoms with Crippen molar-refractivity contribution in [2.75, 3.05) is 37.6 Å². The molecule has 0 N–H and O–H groups in total. The van der Waals surface area contributed by atoms with Crippen molar-refractivity contribution >= 4 is 17.5 Å². The molecule has 2 aromatic rings. The molecule has 0 unspecified atom stereocenters. The van der Waals surface area contributed by atoms with Gasteiger partial charge in [-0.3, -0.25) is 9.59 Å². The molecule has 0 bridgehead atoms. The zero-order valence-electron chi connectivity index (χ0n) is 15.8. The molecule has 0 aliphatic carbocycles. The van der Waals surface area contributed by atoms with E-state index in [9.17, 15) is 18.4 Å². The van der Waals surface area contributed by atoms with Gasteiger partial charge in [-0.05, 0) is 30.3 Å². The summed E-state index contributed by atoms with van der Waals surface area (Å²) in [5, 5.41) is 0. The molecule has 2 amide bonds. The summed E-state index contributed by atoms with van der Waals surface area (Å²) in [6, 6.07) is 12.5. The minimum absolute atomic E-state index is 0.0588. The summed E-state index contributed by atoms with van der Waals surface area (Å²) in [7, 11) is 0. The van der Waals surface area contributed by atoms with Crippen LogP contribution in [-0.4, -0.2) is 54.3 Å². The standard InChI is InChI=1S/C21H23F2N3O2/c1-16(27)26(14-17-4-2-3-5-20(17)23)15-21(28)25-12-10-24(11-13-25)19-8-6-18(22)7-9-19/h2-9H,10-15H2,1H3. The van der Waals surface area contributed by atoms with Gasteiger partial charge in [-0.25, -0.2) is 8.78 Å². The molecule has 1 saturated heterocycles. The van der Waals surface area contributed by atoms with Crippen LogP contribution in [0.3, 0.4) is 0 Å². The molecular formula is C21H23F2N3O2. The first kappa shape index (κ1) is 19.8. The quantitative estimate of drug-likeness (QED) is 0.792. The van der Waals surface area contributed by atoms with Crippen LogP contribution < -0.4 is 4.90 Å². The molecular weight excluding hydrogens is 364 g/mol. The van der Waals surface area contributed by atoms with Gasteiger partial charge in [-0.15, -0.1) is 0 Å². The van der Waals surface area contributed by atoms with E-state index in [1.807, 2.05) is 0 Å². The Labute approximate surface area is 163 Å². The molecule has 0 saturated carbocycles. The summed E-state index contributed by atoms with van der Waals surface area (Å²) in [5.41, 5.74) is 1.30. The maximum absolute atomic E-state index is 13.9. The number of carbonyl (C=O) groups excluding carboxylic acids is 2. The van der Waals surface area contributed by atoms with Gasteiger partial charge in [-0.1, -0.05) is 18.2 Å². The van der Waals surface area contributed by atoms with E-state index in [0.29, 0.717) is 31.7 Å². The van der Waals surface area contributed by atoms with Gasteiger partial charge in [0.25, 0.3) is 0 Å². The third kappa shape index (κ3) is 4.85. The van der Waals surface area contributed by atoms with Crippen LogP contribution in [0.15, 0.2) is 48.5 Å². The zero-order valence-corrected chi connectivity index (χ0v) is 15.8. The highest BCUT2D eigenvalue weighted by atomic mass is 19.1. The van der Waals surface area contributed by atoms with Crippen molar-refractivity contribution < 1.29 is 18.4 Å². The van der Waals surface area contributed by atoms with Gasteiger partial charge >= 0.3 is 0 Å². The van der Waals surface area contributed by atoms with Crippen molar-refractivity contribution in [3.63, 3.8) is 0 Å². The van der Waals surface area contributed by atoms with Gasteiger partial charge in [0.2, 0.25) is 11.8 Å². The average molecular weight is 387 g/mol. The molecule has 5 nitrogen and oxygen atoms in total. The first-order valence-corrected chi connectivity index (χ1v) is 9.21. The van der Waals surface area contributed by atoms with Crippen LogP contribution in [0.5, 0.6) is 0 Å². The molecule has 0 spiro atoms. The Morgan fingerprint density at radius 3 is 2.21 bits per heavy atom. The molecule has 0 aromatic heterocycles. The predicted molar refractivity (Wildman–Crippen MR) is 103 cm³/mol. The zero-order chi connectivity index (χ0) is 20.1. The number of amides is 2. The van der Waals surface area contributed by atoms with Crippen LogP contribution in [0.25, 0.3) is 0 Å². The average Bonchev–Trinajstić information content (AvgIpc) is 2.69. The molecule has 0 radical (unpaired) electrons. The lowest BCUT2D eigenvalue weighted by atomic mass is 10.2. The SMILES string of the molecule is CC(=O)N(CC(=O)N1CCN(c2ccc(F)cc2)CC1)Cc1ccccc1F. The first-order valence-electron chi connectivity index (χ1n) is 9.21. The minimum Gasteiger partial charge on any atom is -0.368 e. The van der Waals surface area contributed by atoms with E-state index in [1.165, 1.54) is 30.0 Å². The lowest BCUT2D eigenvalue weighted by Crippen LogP contribution is -2.51. The van der Waals surface area contributed by atoms with Crippen molar-refractivity contribution in [2.45, 2.75) is 13.5 Å². The normalized spacial score (nSPS) is 14.1. The summed E-state index contributed by atoms with van der Waals surface area (Å²) in [6.07, 6.45) is 0. The third-order valence-electron chi connectivity index (χ3n) is 4.91. The Kier molecular flexibility index (Phi) is 6.23. The number of hydrogen-bond acceptors (Lipinski definition) is 3. The van der Waals surface area contributed by atoms with E-state index in [0.717, 1.165) is 5.69 Å². The fraction of sp³-hybridized carbons (Fsp3) is 0.333. The lowest BCUT2D eigenvalue weighted by Gasteiger charge is -2.37. The summed E-state index contributed by atoms with van der Waals surface area (Å²) in [6.45, 7) is 3.64. The Morgan fingerprint density at radius 2 is 1.61 bits per heavy atom. The Balaban J connectivity index is 1.57. The molecule has 3 rings (SSSR count). The highest BCUT2D eigenvalue weighted by Gasteiger charge is 2.24. The number of halogens is 2. The van der Waals surface area contributed by atoms with E-state index < -0.39 is 5.82 Å². The largest absolute Gasteiger partial charge is 0.368 e. The number of hydrogen-bond donors (Lipinski definition) is 0. The Bertz CT molecular complexity index is 834. The predicted octanol–water partition coefficient (Wildman–Crippen LogP) is 2.66. The molecule has 28 heavy (non-hydrogen) atoms. The van der Waals surface area contributed by atoms with Gasteiger partial charge in [-0.2, -0.15) is 0 Å². The van der Waals surface area contributed by atoms with Crippen LogP contribution in [0.2, 0.25) is 0 Å². The summed E-state index contributed by atoms with van der Waals surface area (Å²) in [5.74, 6) is -1.11. The van der Waals surface area contributed by atoms with E-state index >= 15 is 0 Å². The Morgan fingerprint density at radius 1 is 0.964 bits per heavy atom. The number of nitrogens with zero attached hydrogens (tertiary/aromatic N) is 3. The number of rotatable bonds is 5. The van der Waals surface area contributed by atoms with E-state index in [1.54, 1.807) is 35.2 Å². The number of carbonyl (C=O) groups is 2.